The number of aromatic nitrogens is 3. The lowest BCUT2D eigenvalue weighted by Gasteiger charge is -2.31. The van der Waals surface area contributed by atoms with Gasteiger partial charge in [-0.05, 0) is 36.8 Å². The maximum Gasteiger partial charge on any atom is 0.142 e. The van der Waals surface area contributed by atoms with E-state index in [2.05, 4.69) is 10.3 Å². The highest BCUT2D eigenvalue weighted by Crippen LogP contribution is 2.45. The fourth-order valence-corrected chi connectivity index (χ4v) is 4.13. The second-order valence-electron chi connectivity index (χ2n) is 7.46. The van der Waals surface area contributed by atoms with Gasteiger partial charge in [0, 0.05) is 0 Å². The van der Waals surface area contributed by atoms with E-state index in [-0.39, 0.29) is 6.10 Å². The molecule has 6 heteroatoms. The minimum atomic E-state index is 0.248. The Morgan fingerprint density at radius 2 is 2.08 bits per heavy atom. The highest BCUT2D eigenvalue weighted by atomic mass is 16.5. The molecule has 2 aliphatic rings. The Hall–Kier alpha value is -2.08. The van der Waals surface area contributed by atoms with E-state index < -0.39 is 0 Å². The molecule has 1 aliphatic heterocycles. The van der Waals surface area contributed by atoms with Crippen LogP contribution >= 0.6 is 0 Å². The summed E-state index contributed by atoms with van der Waals surface area (Å²) < 4.78 is 13.7. The minimum absolute atomic E-state index is 0.248. The van der Waals surface area contributed by atoms with Crippen molar-refractivity contribution in [1.29, 1.82) is 0 Å². The lowest BCUT2D eigenvalue weighted by atomic mass is 9.73. The van der Waals surface area contributed by atoms with E-state index in [1.54, 1.807) is 0 Å². The molecule has 1 aromatic carbocycles. The molecule has 0 bridgehead atoms. The number of nitrogens with zero attached hydrogens (tertiary/aromatic N) is 3. The average Bonchev–Trinajstić information content (AvgIpc) is 3.23. The Balaban J connectivity index is 1.30. The van der Waals surface area contributed by atoms with Crippen molar-refractivity contribution in [3.8, 4) is 5.75 Å². The normalized spacial score (nSPS) is 22.3. The van der Waals surface area contributed by atoms with Crippen LogP contribution in [-0.2, 0) is 17.9 Å². The summed E-state index contributed by atoms with van der Waals surface area (Å²) in [5.41, 5.74) is 7.75. The standard InChI is InChI=1S/C19H26N4O2/c20-17-6-2-3-7-18(17)24-13-15-11-23(22-21-15)12-16-10-19(14-25-16)8-4-1-5-9-19/h2-3,6-7,11,16H,1,4-5,8-10,12-14,20H2. The zero-order chi connectivity index (χ0) is 17.1. The van der Waals surface area contributed by atoms with Crippen molar-refractivity contribution in [1.82, 2.24) is 15.0 Å². The summed E-state index contributed by atoms with van der Waals surface area (Å²) in [6, 6.07) is 7.47. The van der Waals surface area contributed by atoms with Crippen molar-refractivity contribution in [2.45, 2.75) is 57.8 Å². The van der Waals surface area contributed by atoms with Gasteiger partial charge in [-0.25, -0.2) is 4.68 Å². The fraction of sp³-hybridized carbons (Fsp3) is 0.579. The smallest absolute Gasteiger partial charge is 0.142 e. The number of hydrogen-bond acceptors (Lipinski definition) is 5. The molecule has 1 aromatic heterocycles. The van der Waals surface area contributed by atoms with Crippen LogP contribution in [0.2, 0.25) is 0 Å². The van der Waals surface area contributed by atoms with E-state index in [1.807, 2.05) is 35.1 Å². The van der Waals surface area contributed by atoms with Crippen LogP contribution in [0.5, 0.6) is 5.75 Å². The summed E-state index contributed by atoms with van der Waals surface area (Å²) in [6.45, 7) is 2.04. The Kier molecular flexibility index (Phi) is 4.61. The van der Waals surface area contributed by atoms with Crippen molar-refractivity contribution in [2.75, 3.05) is 12.3 Å². The number of para-hydroxylation sites is 2. The molecular formula is C19H26N4O2. The highest BCUT2D eigenvalue weighted by molar-refractivity contribution is 5.51. The van der Waals surface area contributed by atoms with Crippen LogP contribution in [0.15, 0.2) is 30.5 Å². The number of nitrogen functional groups attached to an aromatic ring is 1. The van der Waals surface area contributed by atoms with Gasteiger partial charge in [0.2, 0.25) is 0 Å². The van der Waals surface area contributed by atoms with Gasteiger partial charge in [0.1, 0.15) is 18.1 Å². The van der Waals surface area contributed by atoms with E-state index in [4.69, 9.17) is 15.2 Å². The van der Waals surface area contributed by atoms with Crippen LogP contribution < -0.4 is 10.5 Å². The SMILES string of the molecule is Nc1ccccc1OCc1cn(CC2CC3(CCCCC3)CO2)nn1. The summed E-state index contributed by atoms with van der Waals surface area (Å²) >= 11 is 0. The van der Waals surface area contributed by atoms with Crippen LogP contribution in [0.3, 0.4) is 0 Å². The van der Waals surface area contributed by atoms with Crippen molar-refractivity contribution in [2.24, 2.45) is 5.41 Å². The number of rotatable bonds is 5. The molecule has 2 N–H and O–H groups in total. The molecule has 1 atom stereocenters. The molecule has 6 nitrogen and oxygen atoms in total. The maximum atomic E-state index is 6.07. The van der Waals surface area contributed by atoms with Crippen molar-refractivity contribution < 1.29 is 9.47 Å². The third-order valence-corrected chi connectivity index (χ3v) is 5.47. The molecule has 2 heterocycles. The third kappa shape index (κ3) is 3.79. The average molecular weight is 342 g/mol. The molecule has 1 unspecified atom stereocenters. The van der Waals surface area contributed by atoms with Gasteiger partial charge in [0.25, 0.3) is 0 Å². The largest absolute Gasteiger partial charge is 0.485 e. The zero-order valence-corrected chi connectivity index (χ0v) is 14.6. The van der Waals surface area contributed by atoms with Crippen molar-refractivity contribution in [3.05, 3.63) is 36.2 Å². The van der Waals surface area contributed by atoms with Gasteiger partial charge in [0.05, 0.1) is 31.1 Å². The second-order valence-corrected chi connectivity index (χ2v) is 7.46. The molecule has 134 valence electrons. The van der Waals surface area contributed by atoms with E-state index in [0.29, 0.717) is 23.5 Å². The highest BCUT2D eigenvalue weighted by Gasteiger charge is 2.40. The van der Waals surface area contributed by atoms with E-state index in [9.17, 15) is 0 Å². The van der Waals surface area contributed by atoms with Gasteiger partial charge >= 0.3 is 0 Å². The number of nitrogens with two attached hydrogens (primary N) is 1. The fourth-order valence-electron chi connectivity index (χ4n) is 4.13. The van der Waals surface area contributed by atoms with Gasteiger partial charge in [-0.3, -0.25) is 0 Å². The maximum absolute atomic E-state index is 6.07. The first-order chi connectivity index (χ1) is 12.2. The van der Waals surface area contributed by atoms with E-state index in [1.165, 1.54) is 32.1 Å². The molecule has 1 spiro atoms. The van der Waals surface area contributed by atoms with E-state index in [0.717, 1.165) is 25.3 Å². The second kappa shape index (κ2) is 7.04. The summed E-state index contributed by atoms with van der Waals surface area (Å²) in [7, 11) is 0. The van der Waals surface area contributed by atoms with Gasteiger partial charge in [-0.1, -0.05) is 36.6 Å². The lowest BCUT2D eigenvalue weighted by molar-refractivity contribution is 0.0736. The lowest BCUT2D eigenvalue weighted by Crippen LogP contribution is -2.25. The first-order valence-corrected chi connectivity index (χ1v) is 9.20. The summed E-state index contributed by atoms with van der Waals surface area (Å²) in [5, 5.41) is 8.42. The van der Waals surface area contributed by atoms with Crippen molar-refractivity contribution >= 4 is 5.69 Å². The topological polar surface area (TPSA) is 75.2 Å². The predicted molar refractivity (Wildman–Crippen MR) is 95.1 cm³/mol. The summed E-state index contributed by atoms with van der Waals surface area (Å²) in [6.07, 6.45) is 10.1. The quantitative estimate of drug-likeness (QED) is 0.845. The van der Waals surface area contributed by atoms with Gasteiger partial charge in [-0.2, -0.15) is 0 Å². The minimum Gasteiger partial charge on any atom is -0.485 e. The van der Waals surface area contributed by atoms with E-state index >= 15 is 0 Å². The van der Waals surface area contributed by atoms with Crippen LogP contribution in [0.1, 0.15) is 44.2 Å². The Labute approximate surface area is 148 Å². The van der Waals surface area contributed by atoms with Gasteiger partial charge in [-0.15, -0.1) is 5.10 Å². The number of ether oxygens (including phenoxy) is 2. The predicted octanol–water partition coefficient (Wildman–Crippen LogP) is 3.18. The van der Waals surface area contributed by atoms with Gasteiger partial charge < -0.3 is 15.2 Å². The molecule has 1 aliphatic carbocycles. The third-order valence-electron chi connectivity index (χ3n) is 5.47. The first-order valence-electron chi connectivity index (χ1n) is 9.20. The zero-order valence-electron chi connectivity index (χ0n) is 14.6. The Morgan fingerprint density at radius 1 is 1.24 bits per heavy atom. The van der Waals surface area contributed by atoms with Crippen LogP contribution in [-0.4, -0.2) is 27.7 Å². The Morgan fingerprint density at radius 3 is 2.92 bits per heavy atom. The van der Waals surface area contributed by atoms with Crippen LogP contribution in [0.25, 0.3) is 0 Å². The molecule has 2 aromatic rings. The molecular weight excluding hydrogens is 316 g/mol. The number of anilines is 1. The molecule has 0 amide bonds. The molecule has 25 heavy (non-hydrogen) atoms. The van der Waals surface area contributed by atoms with Gasteiger partial charge in [0.15, 0.2) is 0 Å². The molecule has 0 radical (unpaired) electrons. The molecule has 1 saturated heterocycles. The molecule has 1 saturated carbocycles. The number of benzene rings is 1. The first kappa shape index (κ1) is 16.4. The Bertz CT molecular complexity index is 709. The molecule has 4 rings (SSSR count). The number of hydrogen-bond donors (Lipinski definition) is 1. The summed E-state index contributed by atoms with van der Waals surface area (Å²) in [5.74, 6) is 0.676. The van der Waals surface area contributed by atoms with Crippen molar-refractivity contribution in [3.63, 3.8) is 0 Å². The monoisotopic (exact) mass is 342 g/mol. The molecule has 2 fully saturated rings. The summed E-state index contributed by atoms with van der Waals surface area (Å²) in [4.78, 5) is 0. The van der Waals surface area contributed by atoms with Crippen LogP contribution in [0, 0.1) is 5.41 Å². The van der Waals surface area contributed by atoms with Crippen LogP contribution in [0.4, 0.5) is 5.69 Å².